The van der Waals surface area contributed by atoms with Gasteiger partial charge in [0.25, 0.3) is 0 Å². The fourth-order valence-electron chi connectivity index (χ4n) is 2.78. The molecule has 1 aromatic heterocycles. The lowest BCUT2D eigenvalue weighted by atomic mass is 10.0. The number of nitrogens with zero attached hydrogens (tertiary/aromatic N) is 2. The minimum atomic E-state index is -1.79. The highest BCUT2D eigenvalue weighted by Gasteiger charge is 2.29. The van der Waals surface area contributed by atoms with Gasteiger partial charge in [0.1, 0.15) is 29.9 Å². The van der Waals surface area contributed by atoms with Crippen molar-refractivity contribution >= 4 is 52.1 Å². The van der Waals surface area contributed by atoms with Gasteiger partial charge in [0.05, 0.1) is 34.5 Å². The van der Waals surface area contributed by atoms with Crippen molar-refractivity contribution < 1.29 is 30.3 Å². The molecule has 4 unspecified atom stereocenters. The summed E-state index contributed by atoms with van der Waals surface area (Å²) in [6, 6.07) is 7.75. The summed E-state index contributed by atoms with van der Waals surface area (Å²) in [5.74, 6) is 0. The molecule has 10 nitrogen and oxygen atoms in total. The monoisotopic (exact) mass is 454 g/mol. The summed E-state index contributed by atoms with van der Waals surface area (Å²) in [7, 11) is 0. The van der Waals surface area contributed by atoms with E-state index in [1.807, 2.05) is 38.1 Å². The maximum Gasteiger partial charge on any atom is 0.151 e. The minimum Gasteiger partial charge on any atom is -0.397 e. The molecule has 0 aliphatic carbocycles. The normalized spacial score (nSPS) is 14.7. The fourth-order valence-corrected chi connectivity index (χ4v) is 2.78. The number of hydrogen-bond donors (Lipinski definition) is 7. The number of benzene rings is 2. The number of aryl methyl sites for hydroxylation is 1. The van der Waals surface area contributed by atoms with Crippen molar-refractivity contribution in [2.24, 2.45) is 0 Å². The molecule has 11 heteroatoms. The number of fused-ring (bicyclic) bond motifs is 2. The van der Waals surface area contributed by atoms with Gasteiger partial charge in [-0.05, 0) is 37.1 Å². The zero-order valence-electron chi connectivity index (χ0n) is 17.0. The molecular formula is C20H27ClN4O6. The number of halogens is 1. The highest BCUT2D eigenvalue weighted by molar-refractivity contribution is 6.00. The fraction of sp³-hybridized carbons (Fsp3) is 0.350. The summed E-state index contributed by atoms with van der Waals surface area (Å²) >= 11 is 0. The van der Waals surface area contributed by atoms with Gasteiger partial charge in [-0.3, -0.25) is 0 Å². The molecule has 3 rings (SSSR count). The van der Waals surface area contributed by atoms with Crippen LogP contribution in [0.25, 0.3) is 22.1 Å². The molecule has 0 bridgehead atoms. The lowest BCUT2D eigenvalue weighted by Gasteiger charge is -2.22. The predicted molar refractivity (Wildman–Crippen MR) is 120 cm³/mol. The summed E-state index contributed by atoms with van der Waals surface area (Å²) in [5.41, 5.74) is 18.4. The van der Waals surface area contributed by atoms with Gasteiger partial charge in [-0.15, -0.1) is 12.4 Å². The molecule has 0 radical (unpaired) electrons. The molecule has 0 aliphatic rings. The van der Waals surface area contributed by atoms with Crippen LogP contribution in [-0.2, 0) is 4.79 Å². The van der Waals surface area contributed by atoms with Crippen LogP contribution in [0.15, 0.2) is 24.3 Å². The van der Waals surface area contributed by atoms with E-state index in [1.165, 1.54) is 0 Å². The van der Waals surface area contributed by atoms with E-state index in [2.05, 4.69) is 9.97 Å². The van der Waals surface area contributed by atoms with Crippen LogP contribution >= 0.6 is 12.4 Å². The first-order valence-electron chi connectivity index (χ1n) is 9.13. The average molecular weight is 455 g/mol. The Morgan fingerprint density at radius 3 is 1.90 bits per heavy atom. The maximum absolute atomic E-state index is 9.90. The van der Waals surface area contributed by atoms with Gasteiger partial charge in [0, 0.05) is 0 Å². The van der Waals surface area contributed by atoms with E-state index in [9.17, 15) is 4.79 Å². The Bertz CT molecular complexity index is 985. The van der Waals surface area contributed by atoms with Crippen LogP contribution in [0.5, 0.6) is 0 Å². The van der Waals surface area contributed by atoms with Crippen molar-refractivity contribution in [1.29, 1.82) is 0 Å². The largest absolute Gasteiger partial charge is 0.397 e. The average Bonchev–Trinajstić information content (AvgIpc) is 2.78. The zero-order chi connectivity index (χ0) is 22.6. The summed E-state index contributed by atoms with van der Waals surface area (Å²) in [5, 5.41) is 43.5. The molecule has 0 saturated heterocycles. The zero-order valence-corrected chi connectivity index (χ0v) is 17.8. The summed E-state index contributed by atoms with van der Waals surface area (Å²) in [6.07, 6.45) is -6.84. The number of anilines is 2. The topological polar surface area (TPSA) is 196 Å². The first-order chi connectivity index (χ1) is 14.1. The number of aromatic nitrogens is 2. The number of aliphatic hydroxyl groups excluding tert-OH is 5. The van der Waals surface area contributed by atoms with Crippen molar-refractivity contribution in [2.45, 2.75) is 38.3 Å². The SMILES string of the molecule is Cc1c(N)c(N)c2nc3ccccc3nc2c1C.Cl.O=CC(O)C(O)C(O)C(O)CO. The summed E-state index contributed by atoms with van der Waals surface area (Å²) in [4.78, 5) is 19.1. The molecule has 0 amide bonds. The van der Waals surface area contributed by atoms with E-state index in [0.717, 1.165) is 27.7 Å². The third-order valence-electron chi connectivity index (χ3n) is 4.86. The van der Waals surface area contributed by atoms with Crippen LogP contribution in [0.4, 0.5) is 11.4 Å². The molecule has 0 saturated carbocycles. The molecule has 0 fully saturated rings. The van der Waals surface area contributed by atoms with Crippen molar-refractivity contribution in [2.75, 3.05) is 18.1 Å². The molecule has 1 heterocycles. The number of rotatable bonds is 5. The van der Waals surface area contributed by atoms with Gasteiger partial charge in [0.15, 0.2) is 6.29 Å². The third kappa shape index (κ3) is 5.56. The first kappa shape index (κ1) is 26.4. The Kier molecular flexibility index (Phi) is 9.50. The lowest BCUT2D eigenvalue weighted by Crippen LogP contribution is -2.46. The molecular weight excluding hydrogens is 428 g/mol. The molecule has 3 aromatic rings. The van der Waals surface area contributed by atoms with Crippen molar-refractivity contribution in [3.8, 4) is 0 Å². The smallest absolute Gasteiger partial charge is 0.151 e. The van der Waals surface area contributed by atoms with Crippen LogP contribution in [0.3, 0.4) is 0 Å². The minimum absolute atomic E-state index is 0. The number of aliphatic hydroxyl groups is 5. The van der Waals surface area contributed by atoms with E-state index >= 15 is 0 Å². The van der Waals surface area contributed by atoms with Crippen LogP contribution in [-0.4, -0.2) is 72.8 Å². The number of hydrogen-bond acceptors (Lipinski definition) is 10. The van der Waals surface area contributed by atoms with Gasteiger partial charge in [-0.1, -0.05) is 12.1 Å². The second kappa shape index (κ2) is 11.1. The van der Waals surface area contributed by atoms with Crippen molar-refractivity contribution in [3.63, 3.8) is 0 Å². The molecule has 9 N–H and O–H groups in total. The first-order valence-corrected chi connectivity index (χ1v) is 9.13. The molecule has 4 atom stereocenters. The number of aldehydes is 1. The standard InChI is InChI=1S/C14H14N4.C6H12O6.ClH/c1-7-8(2)13-14(12(16)11(7)15)18-10-6-4-3-5-9(10)17-13;7-1-3(9)5(11)6(12)4(10)2-8;/h3-6H,15-16H2,1-2H3;1,3-6,8-12H,2H2;1H. The van der Waals surface area contributed by atoms with Crippen LogP contribution in [0, 0.1) is 13.8 Å². The molecule has 0 aliphatic heterocycles. The van der Waals surface area contributed by atoms with E-state index in [4.69, 9.17) is 37.0 Å². The van der Waals surface area contributed by atoms with E-state index in [0.29, 0.717) is 16.9 Å². The Balaban J connectivity index is 0.000000328. The number of carbonyl (C=O) groups excluding carboxylic acids is 1. The van der Waals surface area contributed by atoms with Crippen LogP contribution in [0.2, 0.25) is 0 Å². The Morgan fingerprint density at radius 2 is 1.42 bits per heavy atom. The highest BCUT2D eigenvalue weighted by Crippen LogP contribution is 2.32. The van der Waals surface area contributed by atoms with E-state index in [-0.39, 0.29) is 18.7 Å². The predicted octanol–water partition coefficient (Wildman–Crippen LogP) is -0.393. The second-order valence-electron chi connectivity index (χ2n) is 6.84. The number of carbonyl (C=O) groups is 1. The van der Waals surface area contributed by atoms with Crippen molar-refractivity contribution in [3.05, 3.63) is 35.4 Å². The molecule has 2 aromatic carbocycles. The Labute approximate surface area is 184 Å². The summed E-state index contributed by atoms with van der Waals surface area (Å²) < 4.78 is 0. The summed E-state index contributed by atoms with van der Waals surface area (Å²) in [6.45, 7) is 3.19. The molecule has 170 valence electrons. The molecule has 0 spiro atoms. The van der Waals surface area contributed by atoms with Crippen LogP contribution in [0.1, 0.15) is 11.1 Å². The van der Waals surface area contributed by atoms with Gasteiger partial charge >= 0.3 is 0 Å². The lowest BCUT2D eigenvalue weighted by molar-refractivity contribution is -0.136. The third-order valence-corrected chi connectivity index (χ3v) is 4.86. The van der Waals surface area contributed by atoms with Gasteiger partial charge in [-0.2, -0.15) is 0 Å². The van der Waals surface area contributed by atoms with Gasteiger partial charge < -0.3 is 41.8 Å². The number of nitrogens with two attached hydrogens (primary N) is 2. The van der Waals surface area contributed by atoms with E-state index in [1.54, 1.807) is 0 Å². The van der Waals surface area contributed by atoms with E-state index < -0.39 is 31.0 Å². The number of para-hydroxylation sites is 2. The maximum atomic E-state index is 9.90. The van der Waals surface area contributed by atoms with Crippen LogP contribution < -0.4 is 11.5 Å². The highest BCUT2D eigenvalue weighted by atomic mass is 35.5. The van der Waals surface area contributed by atoms with Gasteiger partial charge in [-0.25, -0.2) is 9.97 Å². The Morgan fingerprint density at radius 1 is 0.903 bits per heavy atom. The number of nitrogen functional groups attached to an aromatic ring is 2. The Hall–Kier alpha value is -2.60. The quantitative estimate of drug-likeness (QED) is 0.151. The van der Waals surface area contributed by atoms with Crippen molar-refractivity contribution in [1.82, 2.24) is 9.97 Å². The molecule has 31 heavy (non-hydrogen) atoms. The van der Waals surface area contributed by atoms with Gasteiger partial charge in [0.2, 0.25) is 0 Å². The second-order valence-corrected chi connectivity index (χ2v) is 6.84.